The van der Waals surface area contributed by atoms with Crippen LogP contribution in [-0.2, 0) is 16.1 Å². The lowest BCUT2D eigenvalue weighted by Crippen LogP contribution is -2.29. The van der Waals surface area contributed by atoms with Crippen molar-refractivity contribution in [3.63, 3.8) is 0 Å². The minimum absolute atomic E-state index is 0.0971. The number of aliphatic hydroxyl groups is 1. The zero-order valence-electron chi connectivity index (χ0n) is 18.7. The van der Waals surface area contributed by atoms with Crippen molar-refractivity contribution in [1.82, 2.24) is 9.88 Å². The van der Waals surface area contributed by atoms with E-state index in [4.69, 9.17) is 0 Å². The van der Waals surface area contributed by atoms with E-state index < -0.39 is 28.4 Å². The number of pyridine rings is 1. The van der Waals surface area contributed by atoms with E-state index in [2.05, 4.69) is 18.8 Å². The molecule has 172 valence electrons. The van der Waals surface area contributed by atoms with Gasteiger partial charge in [0.1, 0.15) is 5.76 Å². The molecule has 1 amide bonds. The Labute approximate surface area is 196 Å². The number of nitro benzene ring substituents is 1. The first-order chi connectivity index (χ1) is 16.3. The largest absolute Gasteiger partial charge is 0.507 e. The molecule has 0 radical (unpaired) electrons. The van der Waals surface area contributed by atoms with E-state index in [1.54, 1.807) is 24.5 Å². The van der Waals surface area contributed by atoms with Gasteiger partial charge in [-0.1, -0.05) is 50.2 Å². The van der Waals surface area contributed by atoms with Crippen LogP contribution in [0, 0.1) is 10.1 Å². The van der Waals surface area contributed by atoms with Crippen molar-refractivity contribution in [3.8, 4) is 0 Å². The van der Waals surface area contributed by atoms with Gasteiger partial charge >= 0.3 is 0 Å². The molecule has 3 aromatic rings. The number of Topliss-reactive ketones (excluding diaryl/α,β-unsaturated/α-hetero) is 1. The molecular weight excluding hydrogens is 434 g/mol. The van der Waals surface area contributed by atoms with Gasteiger partial charge in [0.2, 0.25) is 0 Å². The molecule has 8 heteroatoms. The van der Waals surface area contributed by atoms with Gasteiger partial charge in [0.15, 0.2) is 0 Å². The summed E-state index contributed by atoms with van der Waals surface area (Å²) in [6.45, 7) is 4.26. The number of aliphatic hydroxyl groups excluding tert-OH is 1. The Morgan fingerprint density at radius 3 is 2.38 bits per heavy atom. The molecule has 0 spiro atoms. The van der Waals surface area contributed by atoms with Gasteiger partial charge < -0.3 is 10.0 Å². The molecule has 1 aromatic heterocycles. The minimum atomic E-state index is -0.853. The zero-order chi connectivity index (χ0) is 24.4. The fourth-order valence-corrected chi connectivity index (χ4v) is 4.06. The number of rotatable bonds is 6. The summed E-state index contributed by atoms with van der Waals surface area (Å²) in [5.41, 5.74) is 2.29. The summed E-state index contributed by atoms with van der Waals surface area (Å²) in [4.78, 5) is 42.3. The Morgan fingerprint density at radius 1 is 1.09 bits per heavy atom. The second-order valence-electron chi connectivity index (χ2n) is 8.41. The van der Waals surface area contributed by atoms with E-state index in [-0.39, 0.29) is 23.4 Å². The van der Waals surface area contributed by atoms with E-state index in [0.717, 1.165) is 11.1 Å². The van der Waals surface area contributed by atoms with Crippen LogP contribution in [0.4, 0.5) is 5.69 Å². The zero-order valence-corrected chi connectivity index (χ0v) is 18.7. The number of hydrogen-bond acceptors (Lipinski definition) is 6. The van der Waals surface area contributed by atoms with Gasteiger partial charge in [0.25, 0.3) is 17.4 Å². The van der Waals surface area contributed by atoms with E-state index in [9.17, 15) is 24.8 Å². The number of non-ortho nitro benzene ring substituents is 1. The average Bonchev–Trinajstić information content (AvgIpc) is 3.09. The fraction of sp³-hybridized carbons (Fsp3) is 0.192. The molecule has 1 unspecified atom stereocenters. The molecule has 1 N–H and O–H groups in total. The summed E-state index contributed by atoms with van der Waals surface area (Å²) >= 11 is 0. The van der Waals surface area contributed by atoms with Gasteiger partial charge in [0, 0.05) is 36.6 Å². The Bertz CT molecular complexity index is 1280. The first-order valence-electron chi connectivity index (χ1n) is 10.8. The van der Waals surface area contributed by atoms with Crippen LogP contribution in [0.15, 0.2) is 78.6 Å². The van der Waals surface area contributed by atoms with E-state index in [1.165, 1.54) is 29.2 Å². The second kappa shape index (κ2) is 9.27. The number of benzene rings is 2. The Kier molecular flexibility index (Phi) is 6.23. The predicted molar refractivity (Wildman–Crippen MR) is 126 cm³/mol. The lowest BCUT2D eigenvalue weighted by atomic mass is 9.93. The molecule has 8 nitrogen and oxygen atoms in total. The quantitative estimate of drug-likeness (QED) is 0.188. The van der Waals surface area contributed by atoms with Crippen LogP contribution in [0.2, 0.25) is 0 Å². The molecule has 0 bridgehead atoms. The number of carbonyl (C=O) groups excluding carboxylic acids is 2. The van der Waals surface area contributed by atoms with Crippen LogP contribution in [0.1, 0.15) is 48.1 Å². The number of ketones is 1. The number of likely N-dealkylation sites (tertiary alicyclic amines) is 1. The molecule has 1 aliphatic rings. The van der Waals surface area contributed by atoms with Crippen LogP contribution in [0.5, 0.6) is 0 Å². The average molecular weight is 457 g/mol. The normalized spacial score (nSPS) is 17.4. The van der Waals surface area contributed by atoms with Gasteiger partial charge in [-0.15, -0.1) is 0 Å². The van der Waals surface area contributed by atoms with E-state index >= 15 is 0 Å². The molecule has 0 aliphatic carbocycles. The lowest BCUT2D eigenvalue weighted by molar-refractivity contribution is -0.384. The maximum atomic E-state index is 13.1. The van der Waals surface area contributed by atoms with Crippen molar-refractivity contribution >= 4 is 23.1 Å². The smallest absolute Gasteiger partial charge is 0.295 e. The molecule has 2 heterocycles. The number of nitrogens with zero attached hydrogens (tertiary/aromatic N) is 3. The summed E-state index contributed by atoms with van der Waals surface area (Å²) in [5, 5.41) is 22.3. The summed E-state index contributed by atoms with van der Waals surface area (Å²) in [7, 11) is 0. The fourth-order valence-electron chi connectivity index (χ4n) is 4.06. The number of nitro groups is 1. The SMILES string of the molecule is CC(C)c1ccc(C2/C(=C(/O)c3cccc([N+](=O)[O-])c3)C(=O)C(=O)N2Cc2ccncc2)cc1. The molecular formula is C26H23N3O5. The van der Waals surface area contributed by atoms with Gasteiger partial charge in [0.05, 0.1) is 16.5 Å². The third-order valence-corrected chi connectivity index (χ3v) is 5.89. The standard InChI is InChI=1S/C26H23N3O5/c1-16(2)18-6-8-19(9-7-18)23-22(24(30)20-4-3-5-21(14-20)29(33)34)25(31)26(32)28(23)15-17-10-12-27-13-11-17/h3-14,16,23,30H,15H2,1-2H3/b24-22-. The molecule has 1 aliphatic heterocycles. The highest BCUT2D eigenvalue weighted by Gasteiger charge is 2.46. The highest BCUT2D eigenvalue weighted by molar-refractivity contribution is 6.46. The monoisotopic (exact) mass is 457 g/mol. The lowest BCUT2D eigenvalue weighted by Gasteiger charge is -2.25. The third-order valence-electron chi connectivity index (χ3n) is 5.89. The highest BCUT2D eigenvalue weighted by atomic mass is 16.6. The maximum absolute atomic E-state index is 13.1. The highest BCUT2D eigenvalue weighted by Crippen LogP contribution is 2.40. The van der Waals surface area contributed by atoms with Crippen LogP contribution in [-0.4, -0.2) is 31.6 Å². The molecule has 1 fully saturated rings. The molecule has 1 saturated heterocycles. The minimum Gasteiger partial charge on any atom is -0.507 e. The van der Waals surface area contributed by atoms with Gasteiger partial charge in [-0.3, -0.25) is 24.7 Å². The summed E-state index contributed by atoms with van der Waals surface area (Å²) < 4.78 is 0. The first-order valence-corrected chi connectivity index (χ1v) is 10.8. The number of hydrogen-bond donors (Lipinski definition) is 1. The summed E-state index contributed by atoms with van der Waals surface area (Å²) in [6.07, 6.45) is 3.20. The number of amides is 1. The van der Waals surface area contributed by atoms with E-state index in [0.29, 0.717) is 11.5 Å². The number of aromatic nitrogens is 1. The number of carbonyl (C=O) groups is 2. The van der Waals surface area contributed by atoms with Crippen LogP contribution >= 0.6 is 0 Å². The molecule has 0 saturated carbocycles. The molecule has 34 heavy (non-hydrogen) atoms. The predicted octanol–water partition coefficient (Wildman–Crippen LogP) is 4.74. The Morgan fingerprint density at radius 2 is 1.76 bits per heavy atom. The van der Waals surface area contributed by atoms with Crippen molar-refractivity contribution < 1.29 is 19.6 Å². The van der Waals surface area contributed by atoms with Gasteiger partial charge in [-0.05, 0) is 34.7 Å². The Balaban J connectivity index is 1.87. The second-order valence-corrected chi connectivity index (χ2v) is 8.41. The molecule has 2 aromatic carbocycles. The van der Waals surface area contributed by atoms with E-state index in [1.807, 2.05) is 24.3 Å². The van der Waals surface area contributed by atoms with Gasteiger partial charge in [-0.25, -0.2) is 0 Å². The van der Waals surface area contributed by atoms with Crippen molar-refractivity contribution in [2.45, 2.75) is 32.4 Å². The first kappa shape index (κ1) is 22.8. The molecule has 4 rings (SSSR count). The van der Waals surface area contributed by atoms with Crippen LogP contribution in [0.3, 0.4) is 0 Å². The van der Waals surface area contributed by atoms with Crippen molar-refractivity contribution in [3.05, 3.63) is 111 Å². The van der Waals surface area contributed by atoms with Crippen LogP contribution < -0.4 is 0 Å². The van der Waals surface area contributed by atoms with Gasteiger partial charge in [-0.2, -0.15) is 0 Å². The van der Waals surface area contributed by atoms with Crippen molar-refractivity contribution in [2.75, 3.05) is 0 Å². The third kappa shape index (κ3) is 4.30. The van der Waals surface area contributed by atoms with Crippen molar-refractivity contribution in [2.24, 2.45) is 0 Å². The molecule has 1 atom stereocenters. The summed E-state index contributed by atoms with van der Waals surface area (Å²) in [5.74, 6) is -1.74. The summed E-state index contributed by atoms with van der Waals surface area (Å²) in [6, 6.07) is 15.6. The van der Waals surface area contributed by atoms with Crippen molar-refractivity contribution in [1.29, 1.82) is 0 Å². The topological polar surface area (TPSA) is 114 Å². The Hall–Kier alpha value is -4.33. The van der Waals surface area contributed by atoms with Crippen LogP contribution in [0.25, 0.3) is 5.76 Å². The maximum Gasteiger partial charge on any atom is 0.295 e.